The normalized spacial score (nSPS) is 14.6. The number of ether oxygens (including phenoxy) is 1. The number of nitrogens with one attached hydrogen (secondary N) is 1. The largest absolute Gasteiger partial charge is 0.495 e. The number of carbonyl (C=O) groups is 1. The first-order chi connectivity index (χ1) is 9.10. The third-order valence-corrected chi connectivity index (χ3v) is 4.21. The molecule has 1 aromatic carbocycles. The third kappa shape index (κ3) is 3.83. The van der Waals surface area contributed by atoms with Crippen LogP contribution >= 0.6 is 11.6 Å². The highest BCUT2D eigenvalue weighted by Crippen LogP contribution is 2.27. The van der Waals surface area contributed by atoms with E-state index >= 15 is 0 Å². The number of rotatable bonds is 6. The summed E-state index contributed by atoms with van der Waals surface area (Å²) < 4.78 is 30.8. The van der Waals surface area contributed by atoms with Crippen molar-refractivity contribution >= 4 is 27.6 Å². The maximum atomic E-state index is 12.0. The highest BCUT2D eigenvalue weighted by atomic mass is 35.5. The van der Waals surface area contributed by atoms with Crippen molar-refractivity contribution in [1.29, 1.82) is 0 Å². The average molecular weight is 324 g/mol. The summed E-state index contributed by atoms with van der Waals surface area (Å²) in [6.07, 6.45) is 0. The minimum atomic E-state index is -3.99. The Morgan fingerprint density at radius 2 is 2.10 bits per heavy atom. The Hall–Kier alpha value is -1.35. The fourth-order valence-corrected chi connectivity index (χ4v) is 2.54. The first-order valence-corrected chi connectivity index (χ1v) is 7.25. The summed E-state index contributed by atoms with van der Waals surface area (Å²) in [7, 11) is -2.65. The topological polar surface area (TPSA) is 113 Å². The number of carboxylic acid groups (broad SMARTS) is 1. The Balaban J connectivity index is 2.98. The summed E-state index contributed by atoms with van der Waals surface area (Å²) in [6.45, 7) is 0.315. The van der Waals surface area contributed by atoms with Gasteiger partial charge >= 0.3 is 5.97 Å². The molecule has 1 atom stereocenters. The molecule has 0 radical (unpaired) electrons. The van der Waals surface area contributed by atoms with Gasteiger partial charge in [-0.1, -0.05) is 11.6 Å². The number of halogens is 1. The summed E-state index contributed by atoms with van der Waals surface area (Å²) in [5.41, 5.74) is -2.20. The number of hydrogen-bond donors (Lipinski definition) is 3. The van der Waals surface area contributed by atoms with Crippen LogP contribution in [0.2, 0.25) is 5.02 Å². The third-order valence-electron chi connectivity index (χ3n) is 2.50. The monoisotopic (exact) mass is 323 g/mol. The lowest BCUT2D eigenvalue weighted by molar-refractivity contribution is -0.155. The minimum Gasteiger partial charge on any atom is -0.495 e. The summed E-state index contributed by atoms with van der Waals surface area (Å²) >= 11 is 5.78. The standard InChI is InChI=1S/C11H14ClNO6S/c1-11(16,10(14)15)6-13-20(17,18)7-3-4-8(12)9(5-7)19-2/h3-5,13,16H,6H2,1-2H3,(H,14,15). The van der Waals surface area contributed by atoms with Crippen LogP contribution in [0.5, 0.6) is 5.75 Å². The van der Waals surface area contributed by atoms with Crippen molar-refractivity contribution in [2.24, 2.45) is 0 Å². The van der Waals surface area contributed by atoms with Crippen LogP contribution in [0.1, 0.15) is 6.92 Å². The van der Waals surface area contributed by atoms with Crippen molar-refractivity contribution in [3.05, 3.63) is 23.2 Å². The van der Waals surface area contributed by atoms with E-state index in [2.05, 4.69) is 0 Å². The molecule has 0 fully saturated rings. The molecule has 0 aliphatic carbocycles. The fourth-order valence-electron chi connectivity index (χ4n) is 1.20. The SMILES string of the molecule is COc1cc(S(=O)(=O)NCC(C)(O)C(=O)O)ccc1Cl. The minimum absolute atomic E-state index is 0.153. The predicted molar refractivity (Wildman–Crippen MR) is 71.5 cm³/mol. The highest BCUT2D eigenvalue weighted by molar-refractivity contribution is 7.89. The van der Waals surface area contributed by atoms with E-state index in [1.54, 1.807) is 0 Å². The van der Waals surface area contributed by atoms with Crippen LogP contribution in [0, 0.1) is 0 Å². The second-order valence-electron chi connectivity index (χ2n) is 4.20. The van der Waals surface area contributed by atoms with Gasteiger partial charge in [0.05, 0.1) is 23.6 Å². The zero-order valence-corrected chi connectivity index (χ0v) is 12.3. The van der Waals surface area contributed by atoms with Crippen molar-refractivity contribution < 1.29 is 28.2 Å². The number of sulfonamides is 1. The van der Waals surface area contributed by atoms with Gasteiger partial charge in [-0.2, -0.15) is 0 Å². The van der Waals surface area contributed by atoms with Gasteiger partial charge in [-0.3, -0.25) is 0 Å². The van der Waals surface area contributed by atoms with E-state index in [1.165, 1.54) is 25.3 Å². The maximum Gasteiger partial charge on any atom is 0.336 e. The summed E-state index contributed by atoms with van der Waals surface area (Å²) in [5.74, 6) is -1.37. The van der Waals surface area contributed by atoms with Gasteiger partial charge in [0.25, 0.3) is 0 Å². The molecule has 0 spiro atoms. The lowest BCUT2D eigenvalue weighted by Gasteiger charge is -2.18. The quantitative estimate of drug-likeness (QED) is 0.701. The average Bonchev–Trinajstić information content (AvgIpc) is 2.37. The molecular weight excluding hydrogens is 310 g/mol. The number of benzene rings is 1. The molecule has 3 N–H and O–H groups in total. The van der Waals surface area contributed by atoms with Crippen molar-refractivity contribution in [2.45, 2.75) is 17.4 Å². The van der Waals surface area contributed by atoms with Gasteiger partial charge in [0.2, 0.25) is 10.0 Å². The van der Waals surface area contributed by atoms with Crippen molar-refractivity contribution in [2.75, 3.05) is 13.7 Å². The Morgan fingerprint density at radius 1 is 1.50 bits per heavy atom. The number of hydrogen-bond acceptors (Lipinski definition) is 5. The van der Waals surface area contributed by atoms with E-state index in [-0.39, 0.29) is 15.7 Å². The van der Waals surface area contributed by atoms with Gasteiger partial charge in [-0.25, -0.2) is 17.9 Å². The van der Waals surface area contributed by atoms with Gasteiger partial charge in [0, 0.05) is 6.07 Å². The first kappa shape index (κ1) is 16.7. The van der Waals surface area contributed by atoms with Gasteiger partial charge in [0.1, 0.15) is 5.75 Å². The Kier molecular flexibility index (Phi) is 4.98. The lowest BCUT2D eigenvalue weighted by atomic mass is 10.1. The first-order valence-electron chi connectivity index (χ1n) is 5.39. The zero-order chi connectivity index (χ0) is 15.6. The lowest BCUT2D eigenvalue weighted by Crippen LogP contribution is -2.46. The van der Waals surface area contributed by atoms with Gasteiger partial charge < -0.3 is 14.9 Å². The van der Waals surface area contributed by atoms with E-state index in [4.69, 9.17) is 21.4 Å². The van der Waals surface area contributed by atoms with Crippen LogP contribution < -0.4 is 9.46 Å². The molecule has 0 aromatic heterocycles. The van der Waals surface area contributed by atoms with Crippen molar-refractivity contribution in [3.8, 4) is 5.75 Å². The predicted octanol–water partition coefficient (Wildman–Crippen LogP) is 0.463. The van der Waals surface area contributed by atoms with Crippen molar-refractivity contribution in [1.82, 2.24) is 4.72 Å². The molecule has 0 saturated carbocycles. The van der Waals surface area contributed by atoms with Gasteiger partial charge in [0.15, 0.2) is 5.60 Å². The van der Waals surface area contributed by atoms with Crippen molar-refractivity contribution in [3.63, 3.8) is 0 Å². The second kappa shape index (κ2) is 5.96. The molecule has 0 aliphatic heterocycles. The molecule has 0 heterocycles. The van der Waals surface area contributed by atoms with Gasteiger partial charge in [-0.15, -0.1) is 0 Å². The molecule has 0 bridgehead atoms. The number of carboxylic acids is 1. The molecule has 1 aromatic rings. The van der Waals surface area contributed by atoms with E-state index in [0.29, 0.717) is 0 Å². The molecule has 1 rings (SSSR count). The number of aliphatic hydroxyl groups is 1. The molecule has 7 nitrogen and oxygen atoms in total. The molecule has 0 aliphatic rings. The van der Waals surface area contributed by atoms with Crippen LogP contribution in [0.3, 0.4) is 0 Å². The Labute approximate surface area is 121 Å². The van der Waals surface area contributed by atoms with E-state index in [1.807, 2.05) is 4.72 Å². The maximum absolute atomic E-state index is 12.0. The van der Waals surface area contributed by atoms with Crippen LogP contribution in [0.4, 0.5) is 0 Å². The van der Waals surface area contributed by atoms with E-state index in [0.717, 1.165) is 6.92 Å². The molecule has 0 saturated heterocycles. The summed E-state index contributed by atoms with van der Waals surface area (Å²) in [6, 6.07) is 3.77. The highest BCUT2D eigenvalue weighted by Gasteiger charge is 2.31. The molecule has 1 unspecified atom stereocenters. The Bertz CT molecular complexity index is 613. The summed E-state index contributed by atoms with van der Waals surface area (Å²) in [5, 5.41) is 18.4. The van der Waals surface area contributed by atoms with E-state index in [9.17, 15) is 18.3 Å². The van der Waals surface area contributed by atoms with Crippen LogP contribution in [0.25, 0.3) is 0 Å². The van der Waals surface area contributed by atoms with Crippen LogP contribution in [-0.2, 0) is 14.8 Å². The van der Waals surface area contributed by atoms with Gasteiger partial charge in [-0.05, 0) is 19.1 Å². The van der Waals surface area contributed by atoms with Crippen LogP contribution in [-0.4, -0.2) is 43.9 Å². The molecule has 9 heteroatoms. The smallest absolute Gasteiger partial charge is 0.336 e. The second-order valence-corrected chi connectivity index (χ2v) is 6.37. The van der Waals surface area contributed by atoms with Crippen LogP contribution in [0.15, 0.2) is 23.1 Å². The Morgan fingerprint density at radius 3 is 2.60 bits per heavy atom. The molecule has 112 valence electrons. The fraction of sp³-hybridized carbons (Fsp3) is 0.364. The molecule has 20 heavy (non-hydrogen) atoms. The number of methoxy groups -OCH3 is 1. The molecule has 0 amide bonds. The summed E-state index contributed by atoms with van der Waals surface area (Å²) in [4.78, 5) is 10.5. The molecular formula is C11H14ClNO6S. The van der Waals surface area contributed by atoms with E-state index < -0.39 is 28.1 Å². The number of aliphatic carboxylic acids is 1. The zero-order valence-electron chi connectivity index (χ0n) is 10.8.